The molecule has 2 atom stereocenters. The van der Waals surface area contributed by atoms with E-state index in [9.17, 15) is 24.3 Å². The lowest BCUT2D eigenvalue weighted by Crippen LogP contribution is -2.29. The highest BCUT2D eigenvalue weighted by Crippen LogP contribution is 2.51. The van der Waals surface area contributed by atoms with Crippen LogP contribution in [0.25, 0.3) is 21.9 Å². The minimum atomic E-state index is -1.40. The predicted molar refractivity (Wildman–Crippen MR) is 137 cm³/mol. The Morgan fingerprint density at radius 2 is 1.32 bits per heavy atom. The van der Waals surface area contributed by atoms with E-state index in [2.05, 4.69) is 9.47 Å². The van der Waals surface area contributed by atoms with Crippen LogP contribution in [0.4, 0.5) is 0 Å². The highest BCUT2D eigenvalue weighted by Gasteiger charge is 2.36. The fourth-order valence-electron chi connectivity index (χ4n) is 4.53. The van der Waals surface area contributed by atoms with E-state index in [0.29, 0.717) is 22.8 Å². The number of carbonyl (C=O) groups excluding carboxylic acids is 4. The fourth-order valence-corrected chi connectivity index (χ4v) is 4.53. The summed E-state index contributed by atoms with van der Waals surface area (Å²) in [4.78, 5) is 51.5. The molecule has 0 aliphatic carbocycles. The molecule has 0 fully saturated rings. The van der Waals surface area contributed by atoms with Crippen LogP contribution in [0.1, 0.15) is 34.6 Å². The van der Waals surface area contributed by atoms with Crippen molar-refractivity contribution in [3.63, 3.8) is 0 Å². The number of esters is 4. The van der Waals surface area contributed by atoms with Crippen LogP contribution in [0, 0.1) is 0 Å². The maximum atomic E-state index is 13.8. The van der Waals surface area contributed by atoms with Crippen molar-refractivity contribution < 1.29 is 62.2 Å². The number of carbonyl (C=O) groups is 4. The van der Waals surface area contributed by atoms with Gasteiger partial charge in [0.25, 0.3) is 0 Å². The van der Waals surface area contributed by atoms with Crippen LogP contribution in [0.2, 0.25) is 0 Å². The number of phenolic OH excluding ortho intramolecular Hbond substituents is 1. The molecule has 3 aromatic rings. The average molecular weight is 568 g/mol. The van der Waals surface area contributed by atoms with Gasteiger partial charge in [0.2, 0.25) is 13.6 Å². The Bertz CT molecular complexity index is 1590. The van der Waals surface area contributed by atoms with Gasteiger partial charge >= 0.3 is 23.9 Å². The predicted octanol–water partition coefficient (Wildman–Crippen LogP) is 3.11. The second kappa shape index (κ2) is 10.8. The van der Waals surface area contributed by atoms with Gasteiger partial charge in [-0.25, -0.2) is 19.2 Å². The number of hydrogen-bond acceptors (Lipinski definition) is 13. The van der Waals surface area contributed by atoms with Crippen LogP contribution >= 0.6 is 0 Å². The quantitative estimate of drug-likeness (QED) is 0.327. The molecule has 2 aliphatic heterocycles. The number of fused-ring (bicyclic) bond motifs is 4. The molecule has 13 heteroatoms. The monoisotopic (exact) mass is 568 g/mol. The van der Waals surface area contributed by atoms with Gasteiger partial charge in [0.1, 0.15) is 11.3 Å². The zero-order valence-electron chi connectivity index (χ0n) is 22.3. The molecule has 13 nitrogen and oxygen atoms in total. The summed E-state index contributed by atoms with van der Waals surface area (Å²) in [5, 5.41) is 11.7. The Kier molecular flexibility index (Phi) is 7.18. The first kappa shape index (κ1) is 27.4. The summed E-state index contributed by atoms with van der Waals surface area (Å²) in [7, 11) is 2.22. The Balaban J connectivity index is 1.84. The van der Waals surface area contributed by atoms with Crippen molar-refractivity contribution in [2.75, 3.05) is 27.8 Å². The van der Waals surface area contributed by atoms with Crippen molar-refractivity contribution in [1.29, 1.82) is 0 Å². The van der Waals surface area contributed by atoms with Gasteiger partial charge < -0.3 is 43.0 Å². The lowest BCUT2D eigenvalue weighted by Gasteiger charge is -2.21. The third-order valence-corrected chi connectivity index (χ3v) is 6.48. The lowest BCUT2D eigenvalue weighted by molar-refractivity contribution is -0.150. The molecule has 214 valence electrons. The van der Waals surface area contributed by atoms with Crippen molar-refractivity contribution in [1.82, 2.24) is 0 Å². The van der Waals surface area contributed by atoms with Gasteiger partial charge in [-0.05, 0) is 43.7 Å². The fraction of sp³-hybridized carbons (Fsp3) is 0.286. The van der Waals surface area contributed by atoms with Crippen LogP contribution in [0.5, 0.6) is 28.7 Å². The molecule has 2 aliphatic rings. The lowest BCUT2D eigenvalue weighted by atomic mass is 9.87. The van der Waals surface area contributed by atoms with E-state index in [4.69, 9.17) is 28.4 Å². The van der Waals surface area contributed by atoms with Gasteiger partial charge in [0.15, 0.2) is 35.2 Å². The highest BCUT2D eigenvalue weighted by molar-refractivity contribution is 6.20. The average Bonchev–Trinajstić information content (AvgIpc) is 3.65. The van der Waals surface area contributed by atoms with Gasteiger partial charge in [0, 0.05) is 16.3 Å². The summed E-state index contributed by atoms with van der Waals surface area (Å²) in [6.07, 6.45) is -2.79. The second-order valence-corrected chi connectivity index (χ2v) is 8.90. The van der Waals surface area contributed by atoms with E-state index in [0.717, 1.165) is 14.2 Å². The minimum absolute atomic E-state index is 0.0317. The largest absolute Gasteiger partial charge is 0.506 e. The second-order valence-electron chi connectivity index (χ2n) is 8.90. The molecular formula is C28H24O13. The molecule has 0 amide bonds. The topological polar surface area (TPSA) is 162 Å². The zero-order valence-corrected chi connectivity index (χ0v) is 22.3. The number of ether oxygens (including phenoxy) is 8. The standard InChI is InChI=1S/C28H24O13/c1-12(25(30)34-3)40-27(32)21-19(14-5-7-16-18(9-14)38-10-36-16)20-15(6-8-17-24(20)39-11-37-17)23(29)22(21)28(33)41-13(2)26(31)35-4/h5-9,12-13,29H,10-11H2,1-4H3/t12-,13-/m0/s1. The smallest absolute Gasteiger partial charge is 0.346 e. The molecule has 0 saturated heterocycles. The molecule has 0 unspecified atom stereocenters. The molecule has 0 radical (unpaired) electrons. The first-order chi connectivity index (χ1) is 19.7. The number of aromatic hydroxyl groups is 1. The Morgan fingerprint density at radius 1 is 0.756 bits per heavy atom. The molecule has 0 bridgehead atoms. The molecule has 2 heterocycles. The summed E-state index contributed by atoms with van der Waals surface area (Å²) in [5.41, 5.74) is -0.702. The van der Waals surface area contributed by atoms with Crippen molar-refractivity contribution in [3.05, 3.63) is 41.5 Å². The van der Waals surface area contributed by atoms with E-state index in [1.165, 1.54) is 26.0 Å². The van der Waals surface area contributed by atoms with Gasteiger partial charge in [-0.3, -0.25) is 0 Å². The molecule has 5 rings (SSSR count). The van der Waals surface area contributed by atoms with Crippen molar-refractivity contribution in [2.24, 2.45) is 0 Å². The molecule has 0 spiro atoms. The van der Waals surface area contributed by atoms with Crippen LogP contribution < -0.4 is 18.9 Å². The number of phenols is 1. The van der Waals surface area contributed by atoms with Crippen LogP contribution in [0.3, 0.4) is 0 Å². The van der Waals surface area contributed by atoms with Crippen molar-refractivity contribution >= 4 is 34.6 Å². The SMILES string of the molecule is COC(=O)[C@H](C)OC(=O)c1c(C(=O)O[C@@H](C)C(=O)OC)c(-c2ccc3c(c2)OCO3)c2c3c(ccc2c1O)OCO3. The first-order valence-corrected chi connectivity index (χ1v) is 12.2. The number of hydrogen-bond donors (Lipinski definition) is 1. The first-order valence-electron chi connectivity index (χ1n) is 12.2. The van der Waals surface area contributed by atoms with E-state index >= 15 is 0 Å². The third kappa shape index (κ3) is 4.75. The molecular weight excluding hydrogens is 544 g/mol. The minimum Gasteiger partial charge on any atom is -0.506 e. The Morgan fingerprint density at radius 3 is 1.98 bits per heavy atom. The maximum absolute atomic E-state index is 13.8. The number of methoxy groups -OCH3 is 2. The Hall–Kier alpha value is -5.20. The van der Waals surface area contributed by atoms with E-state index in [1.54, 1.807) is 18.2 Å². The van der Waals surface area contributed by atoms with Gasteiger partial charge in [-0.2, -0.15) is 0 Å². The molecule has 0 aromatic heterocycles. The zero-order chi connectivity index (χ0) is 29.4. The van der Waals surface area contributed by atoms with Gasteiger partial charge in [0.05, 0.1) is 19.8 Å². The summed E-state index contributed by atoms with van der Waals surface area (Å²) in [5.74, 6) is -3.53. The molecule has 0 saturated carbocycles. The molecule has 3 aromatic carbocycles. The Labute approximate surface area is 232 Å². The van der Waals surface area contributed by atoms with Crippen molar-refractivity contribution in [3.8, 4) is 39.9 Å². The summed E-state index contributed by atoms with van der Waals surface area (Å²) >= 11 is 0. The highest BCUT2D eigenvalue weighted by atomic mass is 16.7. The summed E-state index contributed by atoms with van der Waals surface area (Å²) in [6, 6.07) is 7.76. The third-order valence-electron chi connectivity index (χ3n) is 6.48. The summed E-state index contributed by atoms with van der Waals surface area (Å²) in [6.45, 7) is 2.36. The van der Waals surface area contributed by atoms with E-state index < -0.39 is 53.0 Å². The number of benzene rings is 3. The molecule has 41 heavy (non-hydrogen) atoms. The normalized spacial score (nSPS) is 14.2. The van der Waals surface area contributed by atoms with Crippen LogP contribution in [-0.4, -0.2) is 69.0 Å². The van der Waals surface area contributed by atoms with E-state index in [1.807, 2.05) is 0 Å². The van der Waals surface area contributed by atoms with E-state index in [-0.39, 0.29) is 35.7 Å². The molecule has 1 N–H and O–H groups in total. The summed E-state index contributed by atoms with van der Waals surface area (Å²) < 4.78 is 42.1. The van der Waals surface area contributed by atoms with Crippen LogP contribution in [-0.2, 0) is 28.5 Å². The maximum Gasteiger partial charge on any atom is 0.346 e. The van der Waals surface area contributed by atoms with Crippen LogP contribution in [0.15, 0.2) is 30.3 Å². The van der Waals surface area contributed by atoms with Gasteiger partial charge in [-0.15, -0.1) is 0 Å². The van der Waals surface area contributed by atoms with Crippen molar-refractivity contribution in [2.45, 2.75) is 26.1 Å². The van der Waals surface area contributed by atoms with Gasteiger partial charge in [-0.1, -0.05) is 6.07 Å². The number of rotatable bonds is 7.